The Morgan fingerprint density at radius 1 is 0.864 bits per heavy atom. The van der Waals surface area contributed by atoms with Gasteiger partial charge in [0.25, 0.3) is 17.7 Å². The predicted octanol–water partition coefficient (Wildman–Crippen LogP) is 1.78. The van der Waals surface area contributed by atoms with Gasteiger partial charge in [-0.1, -0.05) is 6.92 Å². The highest BCUT2D eigenvalue weighted by Gasteiger charge is 2.45. The number of nitrogens with one attached hydrogen (secondary N) is 3. The number of primary amides is 1. The van der Waals surface area contributed by atoms with Crippen molar-refractivity contribution in [3.05, 3.63) is 58.9 Å². The van der Waals surface area contributed by atoms with E-state index in [9.17, 15) is 24.0 Å². The van der Waals surface area contributed by atoms with Gasteiger partial charge in [0.1, 0.15) is 11.8 Å². The number of nitrogens with two attached hydrogens (primary N) is 1. The van der Waals surface area contributed by atoms with Gasteiger partial charge < -0.3 is 35.6 Å². The zero-order chi connectivity index (χ0) is 41.2. The van der Waals surface area contributed by atoms with E-state index >= 15 is 0 Å². The highest BCUT2D eigenvalue weighted by molar-refractivity contribution is 6.23. The molecule has 6 heterocycles. The first-order valence-corrected chi connectivity index (χ1v) is 20.4. The van der Waals surface area contributed by atoms with Gasteiger partial charge in [-0.05, 0) is 56.0 Å². The standard InChI is InChI=1S/C41H51N11O7/c1-3-30-37(43-25-10-20-59-21-11-25)47-38(35(45-30)36(42)54)44-26-4-7-31(33(22-26)58-2)51-18-14-49(15-19-51)24-48-12-16-50(17-13-48)27-5-6-28-29(23-27)41(57)52(40(28)56)32-8-9-34(53)46-39(32)55/h4-7,22-23,25,32H,3,8-21,24H2,1-2H3,(H2,42,54)(H2,43,44,47)(H,46,53,55). The minimum atomic E-state index is -0.984. The fraction of sp³-hybridized carbons (Fsp3) is 0.488. The number of piperazine rings is 2. The summed E-state index contributed by atoms with van der Waals surface area (Å²) in [4.78, 5) is 82.9. The second-order valence-electron chi connectivity index (χ2n) is 15.5. The summed E-state index contributed by atoms with van der Waals surface area (Å²) in [5.74, 6) is -1.06. The highest BCUT2D eigenvalue weighted by atomic mass is 16.5. The van der Waals surface area contributed by atoms with E-state index in [-0.39, 0.29) is 36.0 Å². The number of hydrogen-bond donors (Lipinski definition) is 4. The van der Waals surface area contributed by atoms with Crippen LogP contribution in [0.4, 0.5) is 28.7 Å². The third-order valence-corrected chi connectivity index (χ3v) is 11.8. The third-order valence-electron chi connectivity index (χ3n) is 11.8. The lowest BCUT2D eigenvalue weighted by molar-refractivity contribution is -0.136. The topological polar surface area (TPSA) is 208 Å². The summed E-state index contributed by atoms with van der Waals surface area (Å²) in [7, 11) is 1.65. The zero-order valence-corrected chi connectivity index (χ0v) is 33.5. The van der Waals surface area contributed by atoms with E-state index in [0.29, 0.717) is 48.1 Å². The molecule has 4 fully saturated rings. The number of imide groups is 2. The quantitative estimate of drug-likeness (QED) is 0.193. The number of ether oxygens (including phenoxy) is 2. The second kappa shape index (κ2) is 17.2. The molecule has 0 bridgehead atoms. The number of nitrogens with zero attached hydrogens (tertiary/aromatic N) is 7. The van der Waals surface area contributed by atoms with Crippen molar-refractivity contribution in [1.82, 2.24) is 30.0 Å². The molecule has 59 heavy (non-hydrogen) atoms. The van der Waals surface area contributed by atoms with Crippen LogP contribution in [0.2, 0.25) is 0 Å². The summed E-state index contributed by atoms with van der Waals surface area (Å²) < 4.78 is 11.4. The number of aryl methyl sites for hydroxylation is 1. The molecule has 0 spiro atoms. The van der Waals surface area contributed by atoms with Crippen molar-refractivity contribution in [2.24, 2.45) is 5.73 Å². The van der Waals surface area contributed by atoms with Crippen molar-refractivity contribution in [2.45, 2.75) is 51.1 Å². The molecule has 1 unspecified atom stereocenters. The number of amides is 5. The van der Waals surface area contributed by atoms with E-state index in [2.05, 4.69) is 40.5 Å². The van der Waals surface area contributed by atoms with Crippen LogP contribution < -0.4 is 36.2 Å². The van der Waals surface area contributed by atoms with Gasteiger partial charge in [-0.15, -0.1) is 0 Å². The maximum Gasteiger partial charge on any atom is 0.271 e. The van der Waals surface area contributed by atoms with Crippen LogP contribution in [0.15, 0.2) is 36.4 Å². The summed E-state index contributed by atoms with van der Waals surface area (Å²) in [6.45, 7) is 10.8. The van der Waals surface area contributed by atoms with Crippen molar-refractivity contribution >= 4 is 58.2 Å². The van der Waals surface area contributed by atoms with Crippen LogP contribution >= 0.6 is 0 Å². The van der Waals surface area contributed by atoms with Crippen LogP contribution in [-0.4, -0.2) is 146 Å². The summed E-state index contributed by atoms with van der Waals surface area (Å²) in [6.07, 6.45) is 2.52. The Morgan fingerprint density at radius 3 is 2.22 bits per heavy atom. The Labute approximate surface area is 342 Å². The van der Waals surface area contributed by atoms with Crippen LogP contribution in [0.25, 0.3) is 0 Å². The van der Waals surface area contributed by atoms with Gasteiger partial charge in [0, 0.05) is 95.5 Å². The molecule has 18 nitrogen and oxygen atoms in total. The SMILES string of the molecule is CCc1nc(C(N)=O)c(Nc2ccc(N3CCN(CN4CCN(c5ccc6c(c5)C(=O)N(C5CCC(=O)NC5=O)C6=O)CC4)CC3)c(OC)c2)nc1NC1CCOCC1. The smallest absolute Gasteiger partial charge is 0.271 e. The molecule has 1 atom stereocenters. The van der Waals surface area contributed by atoms with Gasteiger partial charge in [-0.3, -0.25) is 44.0 Å². The van der Waals surface area contributed by atoms with Gasteiger partial charge in [0.15, 0.2) is 17.3 Å². The van der Waals surface area contributed by atoms with Gasteiger partial charge in [0.05, 0.1) is 36.3 Å². The molecular formula is C41H51N11O7. The van der Waals surface area contributed by atoms with E-state index in [1.165, 1.54) is 0 Å². The first-order chi connectivity index (χ1) is 28.6. The second-order valence-corrected chi connectivity index (χ2v) is 15.5. The Kier molecular flexibility index (Phi) is 11.6. The lowest BCUT2D eigenvalue weighted by atomic mass is 10.0. The molecule has 5 aliphatic heterocycles. The minimum Gasteiger partial charge on any atom is -0.495 e. The van der Waals surface area contributed by atoms with E-state index < -0.39 is 35.6 Å². The van der Waals surface area contributed by atoms with E-state index in [4.69, 9.17) is 20.2 Å². The normalized spacial score (nSPS) is 20.8. The number of anilines is 5. The Bertz CT molecular complexity index is 2130. The van der Waals surface area contributed by atoms with E-state index in [1.807, 2.05) is 31.2 Å². The molecule has 312 valence electrons. The van der Waals surface area contributed by atoms with E-state index in [1.54, 1.807) is 19.2 Å². The molecule has 4 saturated heterocycles. The summed E-state index contributed by atoms with van der Waals surface area (Å²) in [6, 6.07) is 10.4. The van der Waals surface area contributed by atoms with Crippen molar-refractivity contribution in [1.29, 1.82) is 0 Å². The van der Waals surface area contributed by atoms with Crippen molar-refractivity contribution < 1.29 is 33.4 Å². The average molecular weight is 810 g/mol. The summed E-state index contributed by atoms with van der Waals surface area (Å²) in [5, 5.41) is 9.02. The number of aromatic nitrogens is 2. The Balaban J connectivity index is 0.847. The first-order valence-electron chi connectivity index (χ1n) is 20.4. The molecule has 8 rings (SSSR count). The predicted molar refractivity (Wildman–Crippen MR) is 219 cm³/mol. The van der Waals surface area contributed by atoms with Gasteiger partial charge >= 0.3 is 0 Å². The maximum atomic E-state index is 13.4. The number of rotatable bonds is 12. The fourth-order valence-electron chi connectivity index (χ4n) is 8.50. The van der Waals surface area contributed by atoms with Crippen LogP contribution in [0.1, 0.15) is 69.5 Å². The van der Waals surface area contributed by atoms with Crippen LogP contribution in [0.5, 0.6) is 5.75 Å². The lowest BCUT2D eigenvalue weighted by Crippen LogP contribution is -2.54. The third kappa shape index (κ3) is 8.37. The lowest BCUT2D eigenvalue weighted by Gasteiger charge is -2.41. The molecule has 5 aliphatic rings. The number of hydrogen-bond acceptors (Lipinski definition) is 15. The molecule has 0 saturated carbocycles. The average Bonchev–Trinajstić information content (AvgIpc) is 3.49. The highest BCUT2D eigenvalue weighted by Crippen LogP contribution is 2.35. The van der Waals surface area contributed by atoms with Crippen molar-refractivity contribution in [3.63, 3.8) is 0 Å². The Hall–Kier alpha value is -5.85. The van der Waals surface area contributed by atoms with E-state index in [0.717, 1.165) is 88.1 Å². The Morgan fingerprint density at radius 2 is 1.56 bits per heavy atom. The van der Waals surface area contributed by atoms with Crippen molar-refractivity contribution in [3.8, 4) is 5.75 Å². The fourth-order valence-corrected chi connectivity index (χ4v) is 8.50. The van der Waals surface area contributed by atoms with Crippen LogP contribution in [0.3, 0.4) is 0 Å². The monoisotopic (exact) mass is 809 g/mol. The number of benzene rings is 2. The minimum absolute atomic E-state index is 0.0810. The summed E-state index contributed by atoms with van der Waals surface area (Å²) in [5.41, 5.74) is 9.63. The molecule has 3 aromatic rings. The first kappa shape index (κ1) is 40.0. The number of carbonyl (C=O) groups is 5. The number of fused-ring (bicyclic) bond motifs is 1. The van der Waals surface area contributed by atoms with Crippen LogP contribution in [0, 0.1) is 0 Å². The zero-order valence-electron chi connectivity index (χ0n) is 33.5. The van der Waals surface area contributed by atoms with Crippen LogP contribution in [-0.2, 0) is 20.7 Å². The molecular weight excluding hydrogens is 759 g/mol. The number of methoxy groups -OCH3 is 1. The molecule has 0 aliphatic carbocycles. The van der Waals surface area contributed by atoms with Gasteiger partial charge in [-0.25, -0.2) is 9.97 Å². The molecule has 18 heteroatoms. The molecule has 5 N–H and O–H groups in total. The van der Waals surface area contributed by atoms with Gasteiger partial charge in [0.2, 0.25) is 11.8 Å². The van der Waals surface area contributed by atoms with Gasteiger partial charge in [-0.2, -0.15) is 0 Å². The maximum absolute atomic E-state index is 13.4. The van der Waals surface area contributed by atoms with Crippen molar-refractivity contribution in [2.75, 3.05) is 99.8 Å². The largest absolute Gasteiger partial charge is 0.495 e. The molecule has 2 aromatic carbocycles. The number of piperidine rings is 1. The molecule has 1 aromatic heterocycles. The molecule has 5 amide bonds. The summed E-state index contributed by atoms with van der Waals surface area (Å²) >= 11 is 0. The molecule has 0 radical (unpaired) electrons. The number of carbonyl (C=O) groups excluding carboxylic acids is 5.